The van der Waals surface area contributed by atoms with Gasteiger partial charge in [-0.1, -0.05) is 12.1 Å². The first-order valence-corrected chi connectivity index (χ1v) is 11.2. The van der Waals surface area contributed by atoms with Crippen molar-refractivity contribution in [2.45, 2.75) is 17.9 Å². The van der Waals surface area contributed by atoms with Crippen molar-refractivity contribution in [3.63, 3.8) is 0 Å². The topological polar surface area (TPSA) is 84.4 Å². The number of pyridine rings is 1. The zero-order chi connectivity index (χ0) is 20.4. The SMILES string of the molecule is Cc1cnc(Nc2cccc(C3CN(S(=O)(=O)c4cccc(F)c4)CCO3)n2)s1. The van der Waals surface area contributed by atoms with Gasteiger partial charge in [0.1, 0.15) is 17.7 Å². The normalized spacial score (nSPS) is 17.9. The number of ether oxygens (including phenoxy) is 1. The highest BCUT2D eigenvalue weighted by Crippen LogP contribution is 2.27. The monoisotopic (exact) mass is 434 g/mol. The van der Waals surface area contributed by atoms with Crippen molar-refractivity contribution < 1.29 is 17.5 Å². The summed E-state index contributed by atoms with van der Waals surface area (Å²) in [6.07, 6.45) is 1.25. The number of aromatic nitrogens is 2. The Bertz CT molecular complexity index is 1120. The first-order valence-electron chi connectivity index (χ1n) is 8.95. The van der Waals surface area contributed by atoms with Gasteiger partial charge in [-0.05, 0) is 37.3 Å². The Hall–Kier alpha value is -2.40. The Morgan fingerprint density at radius 1 is 1.28 bits per heavy atom. The third kappa shape index (κ3) is 4.45. The Morgan fingerprint density at radius 3 is 2.86 bits per heavy atom. The van der Waals surface area contributed by atoms with Crippen molar-refractivity contribution in [1.29, 1.82) is 0 Å². The predicted molar refractivity (Wildman–Crippen MR) is 108 cm³/mol. The Labute approximate surface area is 172 Å². The molecule has 2 aromatic heterocycles. The van der Waals surface area contributed by atoms with Crippen molar-refractivity contribution in [2.24, 2.45) is 0 Å². The molecular formula is C19H19FN4O3S2. The summed E-state index contributed by atoms with van der Waals surface area (Å²) in [5, 5.41) is 3.87. The summed E-state index contributed by atoms with van der Waals surface area (Å²) in [5.74, 6) is 0.0133. The number of halogens is 1. The second-order valence-corrected chi connectivity index (χ2v) is 9.70. The van der Waals surface area contributed by atoms with Crippen LogP contribution in [0, 0.1) is 12.7 Å². The van der Waals surface area contributed by atoms with E-state index < -0.39 is 21.9 Å². The highest BCUT2D eigenvalue weighted by Gasteiger charge is 2.32. The van der Waals surface area contributed by atoms with E-state index in [1.54, 1.807) is 12.3 Å². The average Bonchev–Trinajstić information content (AvgIpc) is 3.13. The van der Waals surface area contributed by atoms with Gasteiger partial charge in [0, 0.05) is 24.2 Å². The first kappa shape index (κ1) is 19.9. The molecule has 0 amide bonds. The lowest BCUT2D eigenvalue weighted by Crippen LogP contribution is -2.42. The van der Waals surface area contributed by atoms with Crippen molar-refractivity contribution in [2.75, 3.05) is 25.0 Å². The van der Waals surface area contributed by atoms with Gasteiger partial charge in [-0.15, -0.1) is 11.3 Å². The predicted octanol–water partition coefficient (Wildman–Crippen LogP) is 3.49. The molecular weight excluding hydrogens is 415 g/mol. The van der Waals surface area contributed by atoms with Crippen LogP contribution in [0.15, 0.2) is 53.6 Å². The van der Waals surface area contributed by atoms with E-state index >= 15 is 0 Å². The number of rotatable bonds is 5. The van der Waals surface area contributed by atoms with Crippen molar-refractivity contribution in [3.8, 4) is 0 Å². The average molecular weight is 435 g/mol. The molecule has 0 saturated carbocycles. The van der Waals surface area contributed by atoms with Crippen LogP contribution < -0.4 is 5.32 Å². The molecule has 3 aromatic rings. The van der Waals surface area contributed by atoms with Gasteiger partial charge in [0.2, 0.25) is 10.0 Å². The fraction of sp³-hybridized carbons (Fsp3) is 0.263. The van der Waals surface area contributed by atoms with Crippen LogP contribution in [0.25, 0.3) is 0 Å². The largest absolute Gasteiger partial charge is 0.369 e. The van der Waals surface area contributed by atoms with Crippen molar-refractivity contribution in [1.82, 2.24) is 14.3 Å². The molecule has 1 aromatic carbocycles. The molecule has 1 unspecified atom stereocenters. The number of sulfonamides is 1. The number of nitrogens with one attached hydrogen (secondary N) is 1. The molecule has 1 saturated heterocycles. The lowest BCUT2D eigenvalue weighted by atomic mass is 10.2. The van der Waals surface area contributed by atoms with E-state index in [1.807, 2.05) is 19.1 Å². The highest BCUT2D eigenvalue weighted by molar-refractivity contribution is 7.89. The summed E-state index contributed by atoms with van der Waals surface area (Å²) >= 11 is 1.51. The molecule has 3 heterocycles. The quantitative estimate of drug-likeness (QED) is 0.662. The Balaban J connectivity index is 1.53. The van der Waals surface area contributed by atoms with Crippen LogP contribution in [0.4, 0.5) is 15.3 Å². The lowest BCUT2D eigenvalue weighted by Gasteiger charge is -2.32. The summed E-state index contributed by atoms with van der Waals surface area (Å²) in [7, 11) is -3.82. The van der Waals surface area contributed by atoms with E-state index in [0.29, 0.717) is 11.5 Å². The molecule has 4 rings (SSSR count). The van der Waals surface area contributed by atoms with Crippen LogP contribution in [-0.4, -0.2) is 42.4 Å². The number of thiazole rings is 1. The molecule has 1 fully saturated rings. The van der Waals surface area contributed by atoms with Crippen molar-refractivity contribution >= 4 is 32.3 Å². The van der Waals surface area contributed by atoms with Gasteiger partial charge in [0.05, 0.1) is 17.2 Å². The smallest absolute Gasteiger partial charge is 0.243 e. The maximum Gasteiger partial charge on any atom is 0.243 e. The van der Waals surface area contributed by atoms with Crippen molar-refractivity contribution in [3.05, 3.63) is 65.0 Å². The zero-order valence-corrected chi connectivity index (χ0v) is 17.2. The number of morpholine rings is 1. The van der Waals surface area contributed by atoms with Crippen LogP contribution in [0.2, 0.25) is 0 Å². The fourth-order valence-corrected chi connectivity index (χ4v) is 5.15. The molecule has 7 nitrogen and oxygen atoms in total. The third-order valence-electron chi connectivity index (χ3n) is 4.42. The van der Waals surface area contributed by atoms with E-state index in [2.05, 4.69) is 15.3 Å². The molecule has 1 N–H and O–H groups in total. The van der Waals surface area contributed by atoms with Gasteiger partial charge in [0.15, 0.2) is 5.13 Å². The summed E-state index contributed by atoms with van der Waals surface area (Å²) in [5.41, 5.74) is 0.613. The second kappa shape index (κ2) is 8.15. The Kier molecular flexibility index (Phi) is 5.59. The van der Waals surface area contributed by atoms with Gasteiger partial charge >= 0.3 is 0 Å². The number of benzene rings is 1. The molecule has 29 heavy (non-hydrogen) atoms. The summed E-state index contributed by atoms with van der Waals surface area (Å²) in [4.78, 5) is 9.82. The lowest BCUT2D eigenvalue weighted by molar-refractivity contribution is -0.00486. The number of anilines is 2. The molecule has 0 aliphatic carbocycles. The summed E-state index contributed by atoms with van der Waals surface area (Å²) < 4.78 is 46.4. The van der Waals surface area contributed by atoms with Gasteiger partial charge < -0.3 is 10.1 Å². The van der Waals surface area contributed by atoms with Crippen LogP contribution in [0.1, 0.15) is 16.7 Å². The molecule has 1 atom stereocenters. The Morgan fingerprint density at radius 2 is 2.10 bits per heavy atom. The van der Waals surface area contributed by atoms with Gasteiger partial charge in [-0.2, -0.15) is 4.31 Å². The molecule has 0 bridgehead atoms. The second-order valence-electron chi connectivity index (χ2n) is 6.53. The maximum absolute atomic E-state index is 13.5. The van der Waals surface area contributed by atoms with E-state index in [0.717, 1.165) is 16.1 Å². The van der Waals surface area contributed by atoms with Crippen LogP contribution in [0.5, 0.6) is 0 Å². The molecule has 1 aliphatic rings. The summed E-state index contributed by atoms with van der Waals surface area (Å²) in [6, 6.07) is 10.4. The molecule has 1 aliphatic heterocycles. The standard InChI is InChI=1S/C19H19FN4O3S2/c1-13-11-21-19(28-13)23-18-7-3-6-16(22-18)17-12-24(8-9-27-17)29(25,26)15-5-2-4-14(20)10-15/h2-7,10-11,17H,8-9,12H2,1H3,(H,21,22,23). The molecule has 0 spiro atoms. The first-order chi connectivity index (χ1) is 13.9. The van der Waals surface area contributed by atoms with E-state index in [9.17, 15) is 12.8 Å². The van der Waals surface area contributed by atoms with Gasteiger partial charge in [-0.3, -0.25) is 0 Å². The number of hydrogen-bond donors (Lipinski definition) is 1. The fourth-order valence-electron chi connectivity index (χ4n) is 3.02. The van der Waals surface area contributed by atoms with Gasteiger partial charge in [0.25, 0.3) is 0 Å². The minimum Gasteiger partial charge on any atom is -0.369 e. The van der Waals surface area contributed by atoms with E-state index in [4.69, 9.17) is 4.74 Å². The number of hydrogen-bond acceptors (Lipinski definition) is 7. The number of nitrogens with zero attached hydrogens (tertiary/aromatic N) is 3. The number of aryl methyl sites for hydroxylation is 1. The zero-order valence-electron chi connectivity index (χ0n) is 15.6. The molecule has 152 valence electrons. The minimum absolute atomic E-state index is 0.0688. The van der Waals surface area contributed by atoms with Crippen LogP contribution in [-0.2, 0) is 14.8 Å². The van der Waals surface area contributed by atoms with E-state index in [-0.39, 0.29) is 24.6 Å². The van der Waals surface area contributed by atoms with Gasteiger partial charge in [-0.25, -0.2) is 22.8 Å². The van der Waals surface area contributed by atoms with Crippen LogP contribution >= 0.6 is 11.3 Å². The third-order valence-corrected chi connectivity index (χ3v) is 7.11. The van der Waals surface area contributed by atoms with E-state index in [1.165, 1.54) is 33.8 Å². The molecule has 0 radical (unpaired) electrons. The minimum atomic E-state index is -3.82. The highest BCUT2D eigenvalue weighted by atomic mass is 32.2. The van der Waals surface area contributed by atoms with Crippen LogP contribution in [0.3, 0.4) is 0 Å². The maximum atomic E-state index is 13.5. The molecule has 10 heteroatoms. The summed E-state index contributed by atoms with van der Waals surface area (Å²) in [6.45, 7) is 2.50.